The normalized spacial score (nSPS) is 9.29. The van der Waals surface area contributed by atoms with E-state index in [1.807, 2.05) is 0 Å². The minimum absolute atomic E-state index is 0.196. The molecular weight excluding hydrogens is 182 g/mol. The molecule has 0 aromatic heterocycles. The number of aromatic carboxylic acids is 1. The molecule has 72 valence electrons. The van der Waals surface area contributed by atoms with E-state index in [1.54, 1.807) is 26.0 Å². The Kier molecular flexibility index (Phi) is 2.79. The van der Waals surface area contributed by atoms with E-state index in [2.05, 4.69) is 4.99 Å². The van der Waals surface area contributed by atoms with Gasteiger partial charge in [-0.15, -0.1) is 0 Å². The second-order valence-electron chi connectivity index (χ2n) is 2.91. The van der Waals surface area contributed by atoms with Crippen molar-refractivity contribution in [1.82, 2.24) is 0 Å². The number of hydrogen-bond donors (Lipinski definition) is 1. The van der Waals surface area contributed by atoms with Crippen molar-refractivity contribution in [1.29, 1.82) is 0 Å². The zero-order valence-electron chi connectivity index (χ0n) is 7.87. The number of carboxylic acid groups (broad SMARTS) is 1. The van der Waals surface area contributed by atoms with E-state index < -0.39 is 5.97 Å². The molecule has 4 nitrogen and oxygen atoms in total. The molecule has 0 bridgehead atoms. The van der Waals surface area contributed by atoms with E-state index in [-0.39, 0.29) is 5.56 Å². The van der Waals surface area contributed by atoms with Crippen molar-refractivity contribution in [3.8, 4) is 0 Å². The lowest BCUT2D eigenvalue weighted by Crippen LogP contribution is -2.02. The van der Waals surface area contributed by atoms with Gasteiger partial charge in [-0.25, -0.2) is 9.59 Å². The molecule has 0 amide bonds. The average Bonchev–Trinajstić information content (AvgIpc) is 2.10. The molecule has 0 saturated carbocycles. The van der Waals surface area contributed by atoms with Gasteiger partial charge in [-0.05, 0) is 31.0 Å². The fourth-order valence-electron chi connectivity index (χ4n) is 1.34. The maximum Gasteiger partial charge on any atom is 0.336 e. The van der Waals surface area contributed by atoms with E-state index in [0.717, 1.165) is 0 Å². The molecule has 0 unspecified atom stereocenters. The third-order valence-corrected chi connectivity index (χ3v) is 2.02. The molecular formula is C10H9NO3. The summed E-state index contributed by atoms with van der Waals surface area (Å²) in [7, 11) is 0. The van der Waals surface area contributed by atoms with Crippen molar-refractivity contribution in [2.75, 3.05) is 0 Å². The summed E-state index contributed by atoms with van der Waals surface area (Å²) in [5, 5.41) is 8.90. The molecule has 4 heteroatoms. The minimum atomic E-state index is -1.01. The van der Waals surface area contributed by atoms with Crippen LogP contribution in [-0.2, 0) is 4.79 Å². The van der Waals surface area contributed by atoms with Crippen molar-refractivity contribution in [3.63, 3.8) is 0 Å². The Morgan fingerprint density at radius 2 is 2.07 bits per heavy atom. The van der Waals surface area contributed by atoms with Crippen molar-refractivity contribution < 1.29 is 14.7 Å². The zero-order valence-corrected chi connectivity index (χ0v) is 7.87. The number of carbonyl (C=O) groups is 1. The number of isocyanates is 1. The molecule has 1 rings (SSSR count). The van der Waals surface area contributed by atoms with Gasteiger partial charge in [0, 0.05) is 0 Å². The Bertz CT molecular complexity index is 431. The molecule has 0 heterocycles. The van der Waals surface area contributed by atoms with Gasteiger partial charge in [0.2, 0.25) is 6.08 Å². The Morgan fingerprint density at radius 1 is 1.43 bits per heavy atom. The van der Waals surface area contributed by atoms with Gasteiger partial charge < -0.3 is 5.11 Å². The summed E-state index contributed by atoms with van der Waals surface area (Å²) in [6, 6.07) is 3.22. The maximum absolute atomic E-state index is 10.9. The van der Waals surface area contributed by atoms with Crippen LogP contribution in [0.1, 0.15) is 21.5 Å². The van der Waals surface area contributed by atoms with Crippen molar-refractivity contribution in [3.05, 3.63) is 28.8 Å². The lowest BCUT2D eigenvalue weighted by atomic mass is 10.0. The third-order valence-electron chi connectivity index (χ3n) is 2.02. The quantitative estimate of drug-likeness (QED) is 0.574. The number of aliphatic imine (C=N–C) groups is 1. The monoisotopic (exact) mass is 191 g/mol. The zero-order chi connectivity index (χ0) is 10.7. The summed E-state index contributed by atoms with van der Waals surface area (Å²) in [5.41, 5.74) is 1.69. The van der Waals surface area contributed by atoms with E-state index >= 15 is 0 Å². The number of hydrogen-bond acceptors (Lipinski definition) is 3. The van der Waals surface area contributed by atoms with Crippen molar-refractivity contribution >= 4 is 17.7 Å². The number of carboxylic acids is 1. The van der Waals surface area contributed by atoms with Crippen LogP contribution >= 0.6 is 0 Å². The minimum Gasteiger partial charge on any atom is -0.478 e. The molecule has 0 aliphatic heterocycles. The molecule has 1 N–H and O–H groups in total. The Hall–Kier alpha value is -1.93. The molecule has 0 fully saturated rings. The van der Waals surface area contributed by atoms with Crippen LogP contribution in [-0.4, -0.2) is 17.2 Å². The fraction of sp³-hybridized carbons (Fsp3) is 0.200. The highest BCUT2D eigenvalue weighted by Crippen LogP contribution is 2.24. The molecule has 0 atom stereocenters. The summed E-state index contributed by atoms with van der Waals surface area (Å²) in [5.74, 6) is -1.01. The molecule has 0 aliphatic rings. The van der Waals surface area contributed by atoms with Gasteiger partial charge >= 0.3 is 5.97 Å². The summed E-state index contributed by atoms with van der Waals surface area (Å²) in [6.07, 6.45) is 1.39. The van der Waals surface area contributed by atoms with Crippen LogP contribution in [0.15, 0.2) is 17.1 Å². The Balaban J connectivity index is 3.48. The van der Waals surface area contributed by atoms with Gasteiger partial charge in [-0.2, -0.15) is 4.99 Å². The van der Waals surface area contributed by atoms with Crippen LogP contribution in [0.2, 0.25) is 0 Å². The standard InChI is InChI=1S/C10H9NO3/c1-6-3-4-8(11-5-12)7(2)9(6)10(13)14/h3-4H,1-2H3,(H,13,14). The molecule has 1 aromatic rings. The number of benzene rings is 1. The SMILES string of the molecule is Cc1ccc(N=C=O)c(C)c1C(=O)O. The second-order valence-corrected chi connectivity index (χ2v) is 2.91. The number of rotatable bonds is 2. The smallest absolute Gasteiger partial charge is 0.336 e. The first-order chi connectivity index (χ1) is 6.57. The predicted molar refractivity (Wildman–Crippen MR) is 50.7 cm³/mol. The average molecular weight is 191 g/mol. The van der Waals surface area contributed by atoms with Crippen LogP contribution < -0.4 is 0 Å². The second kappa shape index (κ2) is 3.85. The lowest BCUT2D eigenvalue weighted by Gasteiger charge is -2.06. The Labute approximate surface area is 80.9 Å². The van der Waals surface area contributed by atoms with E-state index in [1.165, 1.54) is 6.08 Å². The third kappa shape index (κ3) is 1.70. The highest BCUT2D eigenvalue weighted by atomic mass is 16.4. The van der Waals surface area contributed by atoms with Gasteiger partial charge in [0.1, 0.15) is 0 Å². The first-order valence-electron chi connectivity index (χ1n) is 3.99. The van der Waals surface area contributed by atoms with Crippen molar-refractivity contribution in [2.45, 2.75) is 13.8 Å². The predicted octanol–water partition coefficient (Wildman–Crippen LogP) is 1.97. The highest BCUT2D eigenvalue weighted by molar-refractivity contribution is 5.92. The molecule has 0 aliphatic carbocycles. The number of carbonyl (C=O) groups excluding carboxylic acids is 1. The van der Waals surface area contributed by atoms with E-state index in [0.29, 0.717) is 16.8 Å². The van der Waals surface area contributed by atoms with Gasteiger partial charge in [0.15, 0.2) is 0 Å². The first-order valence-corrected chi connectivity index (χ1v) is 3.99. The summed E-state index contributed by atoms with van der Waals surface area (Å²) < 4.78 is 0. The van der Waals surface area contributed by atoms with Crippen molar-refractivity contribution in [2.24, 2.45) is 4.99 Å². The molecule has 1 aromatic carbocycles. The Morgan fingerprint density at radius 3 is 2.57 bits per heavy atom. The van der Waals surface area contributed by atoms with Crippen LogP contribution in [0.4, 0.5) is 5.69 Å². The summed E-state index contributed by atoms with van der Waals surface area (Å²) in [4.78, 5) is 24.3. The van der Waals surface area contributed by atoms with Gasteiger partial charge in [0.25, 0.3) is 0 Å². The molecule has 0 radical (unpaired) electrons. The molecule has 14 heavy (non-hydrogen) atoms. The highest BCUT2D eigenvalue weighted by Gasteiger charge is 2.13. The molecule has 0 spiro atoms. The van der Waals surface area contributed by atoms with Crippen LogP contribution in [0.3, 0.4) is 0 Å². The summed E-state index contributed by atoms with van der Waals surface area (Å²) in [6.45, 7) is 3.32. The van der Waals surface area contributed by atoms with Gasteiger partial charge in [-0.1, -0.05) is 6.07 Å². The van der Waals surface area contributed by atoms with Crippen LogP contribution in [0, 0.1) is 13.8 Å². The van der Waals surface area contributed by atoms with Crippen LogP contribution in [0.5, 0.6) is 0 Å². The fourth-order valence-corrected chi connectivity index (χ4v) is 1.34. The molecule has 0 saturated heterocycles. The summed E-state index contributed by atoms with van der Waals surface area (Å²) >= 11 is 0. The van der Waals surface area contributed by atoms with E-state index in [4.69, 9.17) is 5.11 Å². The van der Waals surface area contributed by atoms with Crippen LogP contribution in [0.25, 0.3) is 0 Å². The van der Waals surface area contributed by atoms with E-state index in [9.17, 15) is 9.59 Å². The first kappa shape index (κ1) is 10.2. The van der Waals surface area contributed by atoms with Gasteiger partial charge in [-0.3, -0.25) is 0 Å². The maximum atomic E-state index is 10.9. The lowest BCUT2D eigenvalue weighted by molar-refractivity contribution is 0.0695. The largest absolute Gasteiger partial charge is 0.478 e. The topological polar surface area (TPSA) is 66.7 Å². The van der Waals surface area contributed by atoms with Gasteiger partial charge in [0.05, 0.1) is 11.3 Å². The number of aryl methyl sites for hydroxylation is 1. The number of nitrogens with zero attached hydrogens (tertiary/aromatic N) is 1.